The molecule has 0 aliphatic carbocycles. The van der Waals surface area contributed by atoms with Crippen molar-refractivity contribution in [3.05, 3.63) is 53.5 Å². The molecule has 0 fully saturated rings. The van der Waals surface area contributed by atoms with E-state index in [0.29, 0.717) is 12.1 Å². The van der Waals surface area contributed by atoms with Crippen LogP contribution in [0.5, 0.6) is 0 Å². The summed E-state index contributed by atoms with van der Waals surface area (Å²) >= 11 is 0. The van der Waals surface area contributed by atoms with Crippen molar-refractivity contribution in [3.8, 4) is 0 Å². The van der Waals surface area contributed by atoms with E-state index in [2.05, 4.69) is 9.97 Å². The van der Waals surface area contributed by atoms with Gasteiger partial charge in [0.05, 0.1) is 11.3 Å². The molecular weight excluding hydrogens is 242 g/mol. The summed E-state index contributed by atoms with van der Waals surface area (Å²) in [5, 5.41) is 8.84. The van der Waals surface area contributed by atoms with Gasteiger partial charge in [-0.2, -0.15) is 0 Å². The van der Waals surface area contributed by atoms with Gasteiger partial charge in [-0.3, -0.25) is 4.98 Å². The normalized spacial score (nSPS) is 10.2. The molecule has 0 saturated heterocycles. The Labute approximate surface area is 111 Å². The highest BCUT2D eigenvalue weighted by Gasteiger charge is 2.08. The second-order valence-corrected chi connectivity index (χ2v) is 4.32. The molecule has 0 unspecified atom stereocenters. The third kappa shape index (κ3) is 3.07. The molecule has 0 aliphatic heterocycles. The smallest absolute Gasteiger partial charge is 0.335 e. The lowest BCUT2D eigenvalue weighted by atomic mass is 10.1. The average molecular weight is 257 g/mol. The van der Waals surface area contributed by atoms with Crippen molar-refractivity contribution >= 4 is 11.8 Å². The Morgan fingerprint density at radius 1 is 1.21 bits per heavy atom. The largest absolute Gasteiger partial charge is 0.478 e. The molecular formula is C14H15N3O2. The van der Waals surface area contributed by atoms with Crippen LogP contribution in [0, 0.1) is 6.92 Å². The fraction of sp³-hybridized carbons (Fsp3) is 0.214. The van der Waals surface area contributed by atoms with Crippen LogP contribution in [-0.4, -0.2) is 28.1 Å². The number of hydrogen-bond donors (Lipinski definition) is 1. The summed E-state index contributed by atoms with van der Waals surface area (Å²) in [6.45, 7) is 2.56. The maximum absolute atomic E-state index is 10.8. The van der Waals surface area contributed by atoms with Gasteiger partial charge in [0.1, 0.15) is 5.82 Å². The number of anilines is 1. The van der Waals surface area contributed by atoms with Gasteiger partial charge in [0.25, 0.3) is 0 Å². The van der Waals surface area contributed by atoms with Gasteiger partial charge in [-0.1, -0.05) is 12.1 Å². The minimum Gasteiger partial charge on any atom is -0.478 e. The van der Waals surface area contributed by atoms with E-state index in [9.17, 15) is 4.79 Å². The fourth-order valence-electron chi connectivity index (χ4n) is 1.88. The van der Waals surface area contributed by atoms with Crippen LogP contribution in [0.15, 0.2) is 36.7 Å². The molecule has 0 spiro atoms. The van der Waals surface area contributed by atoms with Crippen molar-refractivity contribution in [2.24, 2.45) is 0 Å². The highest BCUT2D eigenvalue weighted by atomic mass is 16.4. The second-order valence-electron chi connectivity index (χ2n) is 4.32. The monoisotopic (exact) mass is 257 g/mol. The topological polar surface area (TPSA) is 66.3 Å². The van der Waals surface area contributed by atoms with E-state index >= 15 is 0 Å². The number of carboxylic acid groups (broad SMARTS) is 1. The quantitative estimate of drug-likeness (QED) is 0.908. The first kappa shape index (κ1) is 13.0. The van der Waals surface area contributed by atoms with Crippen molar-refractivity contribution in [3.63, 3.8) is 0 Å². The van der Waals surface area contributed by atoms with E-state index in [1.165, 1.54) is 0 Å². The number of aromatic nitrogens is 2. The first-order valence-corrected chi connectivity index (χ1v) is 5.89. The summed E-state index contributed by atoms with van der Waals surface area (Å²) < 4.78 is 0. The van der Waals surface area contributed by atoms with Gasteiger partial charge >= 0.3 is 5.97 Å². The molecule has 19 heavy (non-hydrogen) atoms. The Bertz CT molecular complexity index is 581. The third-order valence-electron chi connectivity index (χ3n) is 2.84. The molecule has 1 aromatic heterocycles. The van der Waals surface area contributed by atoms with Gasteiger partial charge in [0.2, 0.25) is 0 Å². The van der Waals surface area contributed by atoms with Crippen molar-refractivity contribution in [2.75, 3.05) is 11.9 Å². The number of aromatic carboxylic acids is 1. The molecule has 1 aromatic carbocycles. The molecule has 0 aliphatic rings. The van der Waals surface area contributed by atoms with Gasteiger partial charge < -0.3 is 10.0 Å². The zero-order valence-corrected chi connectivity index (χ0v) is 10.9. The van der Waals surface area contributed by atoms with Crippen LogP contribution in [0.25, 0.3) is 0 Å². The number of carboxylic acids is 1. The zero-order chi connectivity index (χ0) is 13.8. The van der Waals surface area contributed by atoms with E-state index in [1.807, 2.05) is 31.0 Å². The molecule has 0 radical (unpaired) electrons. The number of carbonyl (C=O) groups is 1. The number of nitrogens with zero attached hydrogens (tertiary/aromatic N) is 3. The molecule has 0 bridgehead atoms. The first-order valence-electron chi connectivity index (χ1n) is 5.89. The Morgan fingerprint density at radius 3 is 2.42 bits per heavy atom. The molecule has 0 atom stereocenters. The summed E-state index contributed by atoms with van der Waals surface area (Å²) in [5.74, 6) is -0.0884. The highest BCUT2D eigenvalue weighted by molar-refractivity contribution is 5.87. The first-order chi connectivity index (χ1) is 9.08. The minimum atomic E-state index is -0.912. The van der Waals surface area contributed by atoms with E-state index in [-0.39, 0.29) is 0 Å². The van der Waals surface area contributed by atoms with Crippen LogP contribution in [0.4, 0.5) is 5.82 Å². The van der Waals surface area contributed by atoms with Crippen LogP contribution >= 0.6 is 0 Å². The molecule has 1 heterocycles. The summed E-state index contributed by atoms with van der Waals surface area (Å²) in [6.07, 6.45) is 3.32. The van der Waals surface area contributed by atoms with E-state index < -0.39 is 5.97 Å². The molecule has 0 saturated carbocycles. The molecule has 5 heteroatoms. The third-order valence-corrected chi connectivity index (χ3v) is 2.84. The molecule has 1 N–H and O–H groups in total. The molecule has 2 aromatic rings. The van der Waals surface area contributed by atoms with Crippen LogP contribution in [0.3, 0.4) is 0 Å². The summed E-state index contributed by atoms with van der Waals surface area (Å²) in [4.78, 5) is 21.2. The molecule has 98 valence electrons. The second kappa shape index (κ2) is 5.48. The number of aryl methyl sites for hydroxylation is 1. The average Bonchev–Trinajstić information content (AvgIpc) is 2.39. The van der Waals surface area contributed by atoms with E-state index in [1.54, 1.807) is 24.5 Å². The SMILES string of the molecule is Cc1nccnc1N(C)Cc1ccc(C(=O)O)cc1. The number of benzene rings is 1. The predicted molar refractivity (Wildman–Crippen MR) is 72.3 cm³/mol. The van der Waals surface area contributed by atoms with Crippen LogP contribution in [0.1, 0.15) is 21.6 Å². The Hall–Kier alpha value is -2.43. The van der Waals surface area contributed by atoms with Gasteiger partial charge in [-0.25, -0.2) is 9.78 Å². The van der Waals surface area contributed by atoms with Crippen molar-refractivity contribution < 1.29 is 9.90 Å². The molecule has 2 rings (SSSR count). The van der Waals surface area contributed by atoms with Crippen LogP contribution in [0.2, 0.25) is 0 Å². The van der Waals surface area contributed by atoms with Crippen molar-refractivity contribution in [2.45, 2.75) is 13.5 Å². The highest BCUT2D eigenvalue weighted by Crippen LogP contribution is 2.15. The van der Waals surface area contributed by atoms with Crippen molar-refractivity contribution in [1.29, 1.82) is 0 Å². The Balaban J connectivity index is 2.13. The lowest BCUT2D eigenvalue weighted by Gasteiger charge is -2.19. The summed E-state index contributed by atoms with van der Waals surface area (Å²) in [5.41, 5.74) is 2.19. The van der Waals surface area contributed by atoms with Gasteiger partial charge in [-0.05, 0) is 24.6 Å². The number of rotatable bonds is 4. The molecule has 0 amide bonds. The van der Waals surface area contributed by atoms with Gasteiger partial charge in [-0.15, -0.1) is 0 Å². The lowest BCUT2D eigenvalue weighted by Crippen LogP contribution is -2.19. The minimum absolute atomic E-state index is 0.294. The van der Waals surface area contributed by atoms with Gasteiger partial charge in [0.15, 0.2) is 0 Å². The Morgan fingerprint density at radius 2 is 1.84 bits per heavy atom. The van der Waals surface area contributed by atoms with E-state index in [0.717, 1.165) is 17.1 Å². The lowest BCUT2D eigenvalue weighted by molar-refractivity contribution is 0.0697. The van der Waals surface area contributed by atoms with Crippen LogP contribution in [-0.2, 0) is 6.54 Å². The standard InChI is InChI=1S/C14H15N3O2/c1-10-13(16-8-7-15-10)17(2)9-11-3-5-12(6-4-11)14(18)19/h3-8H,9H2,1-2H3,(H,18,19). The zero-order valence-electron chi connectivity index (χ0n) is 10.9. The van der Waals surface area contributed by atoms with Crippen molar-refractivity contribution in [1.82, 2.24) is 9.97 Å². The molecule has 5 nitrogen and oxygen atoms in total. The Kier molecular flexibility index (Phi) is 3.75. The summed E-state index contributed by atoms with van der Waals surface area (Å²) in [7, 11) is 1.93. The maximum Gasteiger partial charge on any atom is 0.335 e. The fourth-order valence-corrected chi connectivity index (χ4v) is 1.88. The van der Waals surface area contributed by atoms with Gasteiger partial charge in [0, 0.05) is 26.0 Å². The summed E-state index contributed by atoms with van der Waals surface area (Å²) in [6, 6.07) is 6.83. The number of hydrogen-bond acceptors (Lipinski definition) is 4. The van der Waals surface area contributed by atoms with Crippen LogP contribution < -0.4 is 4.90 Å². The van der Waals surface area contributed by atoms with E-state index in [4.69, 9.17) is 5.11 Å². The maximum atomic E-state index is 10.8. The predicted octanol–water partition coefficient (Wildman–Crippen LogP) is 2.12.